The monoisotopic (exact) mass is 804 g/mol. The van der Waals surface area contributed by atoms with Crippen molar-refractivity contribution in [3.05, 3.63) is 199 Å². The van der Waals surface area contributed by atoms with Gasteiger partial charge in [-0.15, -0.1) is 0 Å². The highest BCUT2D eigenvalue weighted by Crippen LogP contribution is 2.46. The third kappa shape index (κ3) is 8.62. The van der Waals surface area contributed by atoms with E-state index in [2.05, 4.69) is 6.58 Å². The summed E-state index contributed by atoms with van der Waals surface area (Å²) in [6.07, 6.45) is 0. The van der Waals surface area contributed by atoms with Crippen LogP contribution in [0, 0.1) is 0 Å². The Balaban J connectivity index is 1.08. The van der Waals surface area contributed by atoms with Crippen LogP contribution in [0.4, 0.5) is 0 Å². The predicted molar refractivity (Wildman–Crippen MR) is 234 cm³/mol. The molecule has 0 aliphatic heterocycles. The molecule has 0 aliphatic carbocycles. The van der Waals surface area contributed by atoms with E-state index in [0.29, 0.717) is 39.3 Å². The fraction of sp³-hybridized carbons (Fsp3) is 0.0385. The quantitative estimate of drug-likeness (QED) is 0.0716. The fourth-order valence-corrected chi connectivity index (χ4v) is 6.77. The van der Waals surface area contributed by atoms with Gasteiger partial charge < -0.3 is 23.7 Å². The van der Waals surface area contributed by atoms with E-state index >= 15 is 0 Å². The SMILES string of the molecule is C=C(C)C(=O)Oc1ccc(-c2ccc(C(=O)Oc3ccc4ccccc4c3-c3c(OC(=O)c4ccc(OC(=O)c5ccc(OC)cc5)cc4)ccc4ccccc34)cc2)cc1. The molecule has 0 fully saturated rings. The van der Waals surface area contributed by atoms with Gasteiger partial charge >= 0.3 is 23.9 Å². The van der Waals surface area contributed by atoms with Crippen LogP contribution in [0.3, 0.4) is 0 Å². The number of hydrogen-bond acceptors (Lipinski definition) is 9. The third-order valence-corrected chi connectivity index (χ3v) is 9.93. The van der Waals surface area contributed by atoms with E-state index in [1.807, 2.05) is 84.9 Å². The second-order valence-corrected chi connectivity index (χ2v) is 14.0. The number of methoxy groups -OCH3 is 1. The van der Waals surface area contributed by atoms with Gasteiger partial charge in [-0.3, -0.25) is 0 Å². The minimum absolute atomic E-state index is 0.221. The molecule has 0 atom stereocenters. The molecule has 8 rings (SSSR count). The highest BCUT2D eigenvalue weighted by atomic mass is 16.5. The van der Waals surface area contributed by atoms with E-state index in [1.54, 1.807) is 74.7 Å². The van der Waals surface area contributed by atoms with Crippen LogP contribution in [-0.4, -0.2) is 31.0 Å². The first kappa shape index (κ1) is 39.5. The van der Waals surface area contributed by atoms with Crippen LogP contribution in [0.2, 0.25) is 0 Å². The minimum atomic E-state index is -0.647. The molecule has 0 saturated heterocycles. The molecule has 0 aromatic heterocycles. The lowest BCUT2D eigenvalue weighted by Gasteiger charge is -2.19. The van der Waals surface area contributed by atoms with Gasteiger partial charge in [-0.2, -0.15) is 0 Å². The fourth-order valence-electron chi connectivity index (χ4n) is 6.77. The lowest BCUT2D eigenvalue weighted by molar-refractivity contribution is -0.130. The number of ether oxygens (including phenoxy) is 5. The van der Waals surface area contributed by atoms with Crippen molar-refractivity contribution in [3.8, 4) is 51.0 Å². The molecule has 0 aliphatic rings. The summed E-state index contributed by atoms with van der Waals surface area (Å²) in [5, 5.41) is 3.31. The van der Waals surface area contributed by atoms with Crippen LogP contribution in [0.1, 0.15) is 38.0 Å². The predicted octanol–water partition coefficient (Wildman–Crippen LogP) is 11.5. The van der Waals surface area contributed by atoms with E-state index in [9.17, 15) is 19.2 Å². The van der Waals surface area contributed by atoms with Gasteiger partial charge in [0.05, 0.1) is 23.8 Å². The van der Waals surface area contributed by atoms with Crippen LogP contribution < -0.4 is 23.7 Å². The topological polar surface area (TPSA) is 114 Å². The van der Waals surface area contributed by atoms with Gasteiger partial charge in [-0.25, -0.2) is 19.2 Å². The van der Waals surface area contributed by atoms with Crippen molar-refractivity contribution in [3.63, 3.8) is 0 Å². The van der Waals surface area contributed by atoms with Crippen molar-refractivity contribution in [2.75, 3.05) is 7.11 Å². The average molecular weight is 805 g/mol. The van der Waals surface area contributed by atoms with Gasteiger partial charge in [0.1, 0.15) is 28.7 Å². The van der Waals surface area contributed by atoms with Gasteiger partial charge in [-0.1, -0.05) is 91.5 Å². The molecule has 0 spiro atoms. The van der Waals surface area contributed by atoms with Crippen molar-refractivity contribution in [2.24, 2.45) is 0 Å². The van der Waals surface area contributed by atoms with Gasteiger partial charge in [0, 0.05) is 16.7 Å². The summed E-state index contributed by atoms with van der Waals surface area (Å²) in [7, 11) is 1.54. The Bertz CT molecular complexity index is 2970. The van der Waals surface area contributed by atoms with Crippen molar-refractivity contribution >= 4 is 45.4 Å². The van der Waals surface area contributed by atoms with Crippen LogP contribution in [0.25, 0.3) is 43.8 Å². The first-order valence-corrected chi connectivity index (χ1v) is 19.2. The van der Waals surface area contributed by atoms with Crippen molar-refractivity contribution in [1.29, 1.82) is 0 Å². The minimum Gasteiger partial charge on any atom is -0.497 e. The number of benzene rings is 8. The van der Waals surface area contributed by atoms with E-state index < -0.39 is 23.9 Å². The maximum atomic E-state index is 13.9. The smallest absolute Gasteiger partial charge is 0.343 e. The molecule has 0 unspecified atom stereocenters. The zero-order valence-electron chi connectivity index (χ0n) is 33.0. The summed E-state index contributed by atoms with van der Waals surface area (Å²) in [5.41, 5.74) is 4.00. The molecule has 298 valence electrons. The summed E-state index contributed by atoms with van der Waals surface area (Å²) in [6.45, 7) is 5.19. The Kier molecular flexibility index (Phi) is 11.2. The number of rotatable bonds is 11. The summed E-state index contributed by atoms with van der Waals surface area (Å²) in [6, 6.07) is 49.2. The molecule has 9 heteroatoms. The Morgan fingerprint density at radius 3 is 1.25 bits per heavy atom. The summed E-state index contributed by atoms with van der Waals surface area (Å²) >= 11 is 0. The molecule has 8 aromatic rings. The van der Waals surface area contributed by atoms with Gasteiger partial charge in [0.25, 0.3) is 0 Å². The molecule has 0 radical (unpaired) electrons. The number of hydrogen-bond donors (Lipinski definition) is 0. The highest BCUT2D eigenvalue weighted by Gasteiger charge is 2.23. The Hall–Kier alpha value is -8.30. The van der Waals surface area contributed by atoms with Gasteiger partial charge in [-0.05, 0) is 125 Å². The molecule has 0 bridgehead atoms. The number of carbonyl (C=O) groups is 4. The molecular weight excluding hydrogens is 769 g/mol. The second kappa shape index (κ2) is 17.3. The average Bonchev–Trinajstić information content (AvgIpc) is 3.29. The lowest BCUT2D eigenvalue weighted by atomic mass is 9.92. The summed E-state index contributed by atoms with van der Waals surface area (Å²) in [5.74, 6) is -0.525. The van der Waals surface area contributed by atoms with E-state index in [-0.39, 0.29) is 22.8 Å². The lowest BCUT2D eigenvalue weighted by Crippen LogP contribution is -2.11. The molecule has 0 amide bonds. The Morgan fingerprint density at radius 1 is 0.410 bits per heavy atom. The van der Waals surface area contributed by atoms with Crippen molar-refractivity contribution in [1.82, 2.24) is 0 Å². The van der Waals surface area contributed by atoms with Crippen molar-refractivity contribution < 1.29 is 42.9 Å². The first-order valence-electron chi connectivity index (χ1n) is 19.2. The van der Waals surface area contributed by atoms with E-state index in [1.165, 1.54) is 24.3 Å². The van der Waals surface area contributed by atoms with Crippen LogP contribution in [0.15, 0.2) is 182 Å². The van der Waals surface area contributed by atoms with Crippen LogP contribution >= 0.6 is 0 Å². The first-order chi connectivity index (χ1) is 29.6. The number of esters is 4. The maximum Gasteiger partial charge on any atom is 0.343 e. The van der Waals surface area contributed by atoms with Gasteiger partial charge in [0.2, 0.25) is 0 Å². The summed E-state index contributed by atoms with van der Waals surface area (Å²) in [4.78, 5) is 52.4. The normalized spacial score (nSPS) is 10.8. The molecule has 8 aromatic carbocycles. The third-order valence-electron chi connectivity index (χ3n) is 9.93. The Labute approximate surface area is 351 Å². The maximum absolute atomic E-state index is 13.9. The van der Waals surface area contributed by atoms with E-state index in [4.69, 9.17) is 23.7 Å². The van der Waals surface area contributed by atoms with E-state index in [0.717, 1.165) is 32.7 Å². The van der Waals surface area contributed by atoms with Crippen molar-refractivity contribution in [2.45, 2.75) is 6.92 Å². The zero-order valence-corrected chi connectivity index (χ0v) is 33.0. The second-order valence-electron chi connectivity index (χ2n) is 14.0. The molecule has 0 heterocycles. The van der Waals surface area contributed by atoms with Crippen LogP contribution in [0.5, 0.6) is 28.7 Å². The van der Waals surface area contributed by atoms with Gasteiger partial charge in [0.15, 0.2) is 0 Å². The molecule has 9 nitrogen and oxygen atoms in total. The molecule has 0 N–H and O–H groups in total. The molecule has 0 saturated carbocycles. The number of carbonyl (C=O) groups excluding carboxylic acids is 4. The molecular formula is C52H36O9. The number of fused-ring (bicyclic) bond motifs is 2. The summed E-state index contributed by atoms with van der Waals surface area (Å²) < 4.78 is 28.4. The zero-order chi connectivity index (χ0) is 42.5. The highest BCUT2D eigenvalue weighted by molar-refractivity contribution is 6.11. The Morgan fingerprint density at radius 2 is 0.787 bits per heavy atom. The van der Waals surface area contributed by atoms with Crippen LogP contribution in [-0.2, 0) is 4.79 Å². The largest absolute Gasteiger partial charge is 0.497 e. The molecule has 61 heavy (non-hydrogen) atoms. The standard InChI is InChI=1S/C52H36O9/c1-32(2)49(53)58-41-26-16-34(17-27-41)33-12-14-37(15-13-33)51(55)60-45-30-22-35-8-4-6-10-43(35)47(45)48-44-11-7-5-9-36(44)23-31-46(48)61-52(56)39-20-28-42(29-21-39)59-50(54)38-18-24-40(57-3)25-19-38/h4-31H,1H2,2-3H3.